The molecule has 0 aromatic rings. The van der Waals surface area contributed by atoms with Crippen LogP contribution < -0.4 is 10.6 Å². The molecular weight excluding hydrogens is 250 g/mol. The highest BCUT2D eigenvalue weighted by atomic mass is 16.2. The first kappa shape index (κ1) is 15.3. The third-order valence-corrected chi connectivity index (χ3v) is 5.04. The zero-order valence-electron chi connectivity index (χ0n) is 13.0. The van der Waals surface area contributed by atoms with Gasteiger partial charge in [0.25, 0.3) is 0 Å². The van der Waals surface area contributed by atoms with Crippen molar-refractivity contribution in [2.24, 2.45) is 11.3 Å². The van der Waals surface area contributed by atoms with Crippen LogP contribution in [-0.4, -0.2) is 24.0 Å². The number of hydrogen-bond acceptors (Lipinski definition) is 3. The van der Waals surface area contributed by atoms with Crippen molar-refractivity contribution >= 4 is 5.91 Å². The number of hydrogen-bond donors (Lipinski definition) is 2. The van der Waals surface area contributed by atoms with E-state index >= 15 is 0 Å². The molecule has 0 aliphatic heterocycles. The highest BCUT2D eigenvalue weighted by Crippen LogP contribution is 2.39. The zero-order chi connectivity index (χ0) is 14.8. The van der Waals surface area contributed by atoms with Gasteiger partial charge in [-0.2, -0.15) is 5.26 Å². The predicted octanol–water partition coefficient (Wildman–Crippen LogP) is 2.35. The lowest BCUT2D eigenvalue weighted by Gasteiger charge is -2.39. The van der Waals surface area contributed by atoms with E-state index in [4.69, 9.17) is 0 Å². The molecule has 2 aliphatic rings. The second kappa shape index (κ2) is 5.73. The molecule has 0 aromatic carbocycles. The Labute approximate surface area is 122 Å². The van der Waals surface area contributed by atoms with Gasteiger partial charge in [-0.25, -0.2) is 0 Å². The molecule has 2 atom stereocenters. The van der Waals surface area contributed by atoms with Crippen molar-refractivity contribution < 1.29 is 4.79 Å². The summed E-state index contributed by atoms with van der Waals surface area (Å²) >= 11 is 0. The number of amides is 1. The van der Waals surface area contributed by atoms with Gasteiger partial charge in [-0.3, -0.25) is 4.79 Å². The van der Waals surface area contributed by atoms with Crippen LogP contribution in [0.4, 0.5) is 0 Å². The van der Waals surface area contributed by atoms with Crippen LogP contribution in [0.25, 0.3) is 0 Å². The lowest BCUT2D eigenvalue weighted by atomic mass is 9.73. The third-order valence-electron chi connectivity index (χ3n) is 5.04. The fourth-order valence-electron chi connectivity index (χ4n) is 3.30. The smallest absolute Gasteiger partial charge is 0.235 e. The summed E-state index contributed by atoms with van der Waals surface area (Å²) < 4.78 is 0. The summed E-state index contributed by atoms with van der Waals surface area (Å²) in [5.41, 5.74) is -0.422. The van der Waals surface area contributed by atoms with Gasteiger partial charge in [0.05, 0.1) is 12.6 Å². The van der Waals surface area contributed by atoms with Gasteiger partial charge in [-0.05, 0) is 43.9 Å². The molecule has 4 heteroatoms. The van der Waals surface area contributed by atoms with E-state index in [9.17, 15) is 10.1 Å². The average Bonchev–Trinajstić information content (AvgIpc) is 3.21. The molecule has 0 saturated heterocycles. The van der Waals surface area contributed by atoms with E-state index < -0.39 is 5.54 Å². The zero-order valence-corrected chi connectivity index (χ0v) is 13.0. The van der Waals surface area contributed by atoms with Crippen LogP contribution in [0.3, 0.4) is 0 Å². The van der Waals surface area contributed by atoms with Crippen molar-refractivity contribution in [3.8, 4) is 6.07 Å². The molecule has 0 heterocycles. The summed E-state index contributed by atoms with van der Waals surface area (Å²) in [4.78, 5) is 12.1. The molecule has 2 aliphatic carbocycles. The first-order valence-corrected chi connectivity index (χ1v) is 7.83. The number of carbonyl (C=O) groups excluding carboxylic acids is 1. The Hall–Kier alpha value is -1.08. The van der Waals surface area contributed by atoms with E-state index in [1.165, 1.54) is 19.3 Å². The largest absolute Gasteiger partial charge is 0.337 e. The molecule has 0 spiro atoms. The monoisotopic (exact) mass is 277 g/mol. The number of nitrogens with zero attached hydrogens (tertiary/aromatic N) is 1. The summed E-state index contributed by atoms with van der Waals surface area (Å²) in [6.45, 7) is 6.70. The first-order valence-electron chi connectivity index (χ1n) is 7.83. The van der Waals surface area contributed by atoms with Crippen molar-refractivity contribution in [2.75, 3.05) is 6.54 Å². The van der Waals surface area contributed by atoms with Crippen molar-refractivity contribution in [1.82, 2.24) is 10.6 Å². The highest BCUT2D eigenvalue weighted by Gasteiger charge is 2.43. The second-order valence-electron chi connectivity index (χ2n) is 7.30. The van der Waals surface area contributed by atoms with Crippen molar-refractivity contribution in [1.29, 1.82) is 5.26 Å². The molecule has 0 radical (unpaired) electrons. The topological polar surface area (TPSA) is 64.9 Å². The summed E-state index contributed by atoms with van der Waals surface area (Å²) in [5, 5.41) is 15.6. The first-order chi connectivity index (χ1) is 9.37. The molecule has 0 aromatic heterocycles. The molecular formula is C16H27N3O. The second-order valence-corrected chi connectivity index (χ2v) is 7.30. The van der Waals surface area contributed by atoms with Crippen molar-refractivity contribution in [3.05, 3.63) is 0 Å². The van der Waals surface area contributed by atoms with Crippen LogP contribution in [0.5, 0.6) is 0 Å². The van der Waals surface area contributed by atoms with E-state index in [0.29, 0.717) is 18.5 Å². The molecule has 2 saturated carbocycles. The van der Waals surface area contributed by atoms with Gasteiger partial charge >= 0.3 is 0 Å². The fraction of sp³-hybridized carbons (Fsp3) is 0.875. The van der Waals surface area contributed by atoms with Gasteiger partial charge in [0.2, 0.25) is 5.91 Å². The van der Waals surface area contributed by atoms with Gasteiger partial charge in [-0.1, -0.05) is 26.7 Å². The summed E-state index contributed by atoms with van der Waals surface area (Å²) in [6, 6.07) is 2.67. The summed E-state index contributed by atoms with van der Waals surface area (Å²) in [7, 11) is 0. The van der Waals surface area contributed by atoms with E-state index in [1.807, 2.05) is 6.92 Å². The van der Waals surface area contributed by atoms with Crippen LogP contribution in [-0.2, 0) is 4.79 Å². The quantitative estimate of drug-likeness (QED) is 0.810. The highest BCUT2D eigenvalue weighted by molar-refractivity contribution is 5.79. The molecule has 2 N–H and O–H groups in total. The molecule has 20 heavy (non-hydrogen) atoms. The van der Waals surface area contributed by atoms with E-state index in [2.05, 4.69) is 30.6 Å². The lowest BCUT2D eigenvalue weighted by Crippen LogP contribution is -2.52. The van der Waals surface area contributed by atoms with Crippen LogP contribution in [0.1, 0.15) is 59.3 Å². The minimum absolute atomic E-state index is 0.0534. The Morgan fingerprint density at radius 2 is 2.05 bits per heavy atom. The summed E-state index contributed by atoms with van der Waals surface area (Å²) in [5.74, 6) is 0.282. The van der Waals surface area contributed by atoms with Crippen molar-refractivity contribution in [3.63, 3.8) is 0 Å². The van der Waals surface area contributed by atoms with Crippen LogP contribution in [0, 0.1) is 22.7 Å². The average molecular weight is 277 g/mol. The van der Waals surface area contributed by atoms with Crippen LogP contribution >= 0.6 is 0 Å². The minimum atomic E-state index is -0.680. The van der Waals surface area contributed by atoms with E-state index in [0.717, 1.165) is 19.3 Å². The standard InChI is InChI=1S/C16H27N3O/c1-15(2)9-5-4-6-13(15)18-10-14(20)19-16(3,11-17)12-7-8-12/h12-13,18H,4-10H2,1-3H3,(H,19,20)/t13-,16+/m0/s1. The normalized spacial score (nSPS) is 28.2. The number of rotatable bonds is 5. The Balaban J connectivity index is 1.81. The Kier molecular flexibility index (Phi) is 4.39. The molecule has 1 amide bonds. The molecule has 2 fully saturated rings. The Bertz CT molecular complexity index is 408. The van der Waals surface area contributed by atoms with Crippen LogP contribution in [0.2, 0.25) is 0 Å². The lowest BCUT2D eigenvalue weighted by molar-refractivity contribution is -0.122. The van der Waals surface area contributed by atoms with Gasteiger partial charge in [-0.15, -0.1) is 0 Å². The predicted molar refractivity (Wildman–Crippen MR) is 78.9 cm³/mol. The molecule has 112 valence electrons. The number of nitriles is 1. The molecule has 0 unspecified atom stereocenters. The minimum Gasteiger partial charge on any atom is -0.337 e. The molecule has 0 bridgehead atoms. The molecule has 2 rings (SSSR count). The third kappa shape index (κ3) is 3.52. The van der Waals surface area contributed by atoms with Gasteiger partial charge in [0, 0.05) is 6.04 Å². The summed E-state index contributed by atoms with van der Waals surface area (Å²) in [6.07, 6.45) is 6.97. The maximum Gasteiger partial charge on any atom is 0.235 e. The fourth-order valence-corrected chi connectivity index (χ4v) is 3.30. The Morgan fingerprint density at radius 1 is 1.35 bits per heavy atom. The SMILES string of the molecule is CC1(C)CCCC[C@@H]1NCC(=O)N[C@](C)(C#N)C1CC1. The Morgan fingerprint density at radius 3 is 2.60 bits per heavy atom. The van der Waals surface area contributed by atoms with Gasteiger partial charge in [0.15, 0.2) is 0 Å². The maximum absolute atomic E-state index is 12.1. The number of nitrogens with one attached hydrogen (secondary N) is 2. The van der Waals surface area contributed by atoms with E-state index in [-0.39, 0.29) is 11.3 Å². The van der Waals surface area contributed by atoms with Crippen LogP contribution in [0.15, 0.2) is 0 Å². The van der Waals surface area contributed by atoms with E-state index in [1.54, 1.807) is 0 Å². The number of carbonyl (C=O) groups is 1. The van der Waals surface area contributed by atoms with Gasteiger partial charge < -0.3 is 10.6 Å². The maximum atomic E-state index is 12.1. The van der Waals surface area contributed by atoms with Crippen molar-refractivity contribution in [2.45, 2.75) is 70.9 Å². The van der Waals surface area contributed by atoms with Gasteiger partial charge in [0.1, 0.15) is 5.54 Å². The molecule has 4 nitrogen and oxygen atoms in total.